The molecule has 0 radical (unpaired) electrons. The van der Waals surface area contributed by atoms with Crippen LogP contribution in [0.15, 0.2) is 35.9 Å². The first-order valence-corrected chi connectivity index (χ1v) is 4.41. The van der Waals surface area contributed by atoms with Crippen molar-refractivity contribution in [2.75, 3.05) is 0 Å². The van der Waals surface area contributed by atoms with Crippen molar-refractivity contribution < 1.29 is 23.1 Å². The molecule has 1 N–H and O–H groups in total. The van der Waals surface area contributed by atoms with E-state index < -0.39 is 23.3 Å². The average molecular weight is 230 g/mol. The Hall–Kier alpha value is -1.78. The van der Waals surface area contributed by atoms with Gasteiger partial charge >= 0.3 is 12.1 Å². The smallest absolute Gasteiger partial charge is 0.417 e. The Balaban J connectivity index is 3.40. The highest BCUT2D eigenvalue weighted by Gasteiger charge is 2.37. The number of allylic oxidation sites excluding steroid dienone is 1. The van der Waals surface area contributed by atoms with Crippen molar-refractivity contribution in [1.29, 1.82) is 0 Å². The molecule has 0 spiro atoms. The number of halogens is 3. The van der Waals surface area contributed by atoms with Gasteiger partial charge < -0.3 is 5.11 Å². The van der Waals surface area contributed by atoms with Crippen LogP contribution in [0.25, 0.3) is 5.57 Å². The minimum atomic E-state index is -4.68. The Kier molecular flexibility index (Phi) is 3.37. The largest absolute Gasteiger partial charge is 0.478 e. The van der Waals surface area contributed by atoms with Gasteiger partial charge in [0, 0.05) is 5.57 Å². The van der Waals surface area contributed by atoms with Gasteiger partial charge in [0.15, 0.2) is 0 Å². The fourth-order valence-corrected chi connectivity index (χ4v) is 1.30. The molecule has 0 aliphatic heterocycles. The van der Waals surface area contributed by atoms with Gasteiger partial charge in [0.05, 0.1) is 5.57 Å². The van der Waals surface area contributed by atoms with E-state index in [9.17, 15) is 18.0 Å². The molecule has 16 heavy (non-hydrogen) atoms. The van der Waals surface area contributed by atoms with Crippen LogP contribution in [0.1, 0.15) is 12.5 Å². The zero-order valence-corrected chi connectivity index (χ0v) is 8.38. The first-order valence-electron chi connectivity index (χ1n) is 4.41. The van der Waals surface area contributed by atoms with Crippen LogP contribution in [-0.2, 0) is 4.79 Å². The lowest BCUT2D eigenvalue weighted by Gasteiger charge is -2.13. The number of rotatable bonds is 2. The lowest BCUT2D eigenvalue weighted by Crippen LogP contribution is -2.15. The zero-order chi connectivity index (χ0) is 12.3. The van der Waals surface area contributed by atoms with Gasteiger partial charge in [-0.05, 0) is 12.5 Å². The summed E-state index contributed by atoms with van der Waals surface area (Å²) in [6.45, 7) is 0.943. The number of alkyl halides is 3. The van der Waals surface area contributed by atoms with Crippen molar-refractivity contribution in [3.8, 4) is 0 Å². The van der Waals surface area contributed by atoms with Gasteiger partial charge in [0.2, 0.25) is 0 Å². The molecule has 0 saturated heterocycles. The number of benzene rings is 1. The molecule has 2 nitrogen and oxygen atoms in total. The minimum Gasteiger partial charge on any atom is -0.478 e. The summed E-state index contributed by atoms with van der Waals surface area (Å²) in [6, 6.07) is 6.88. The Morgan fingerprint density at radius 1 is 1.19 bits per heavy atom. The molecular formula is C11H9F3O2. The van der Waals surface area contributed by atoms with Crippen LogP contribution < -0.4 is 0 Å². The topological polar surface area (TPSA) is 37.3 Å². The summed E-state index contributed by atoms with van der Waals surface area (Å²) in [4.78, 5) is 10.6. The maximum atomic E-state index is 12.7. The first-order chi connectivity index (χ1) is 7.34. The normalized spacial score (nSPS) is 13.2. The molecule has 0 bridgehead atoms. The molecule has 1 aromatic carbocycles. The Morgan fingerprint density at radius 3 is 2.06 bits per heavy atom. The van der Waals surface area contributed by atoms with Crippen molar-refractivity contribution in [2.45, 2.75) is 13.1 Å². The molecule has 1 rings (SSSR count). The van der Waals surface area contributed by atoms with E-state index in [1.807, 2.05) is 0 Å². The van der Waals surface area contributed by atoms with Crippen LogP contribution in [0.4, 0.5) is 13.2 Å². The highest BCUT2D eigenvalue weighted by molar-refractivity contribution is 5.96. The van der Waals surface area contributed by atoms with E-state index in [2.05, 4.69) is 0 Å². The highest BCUT2D eigenvalue weighted by Crippen LogP contribution is 2.36. The van der Waals surface area contributed by atoms with Crippen molar-refractivity contribution >= 4 is 11.5 Å². The molecule has 5 heteroatoms. The molecule has 1 aromatic rings. The molecule has 0 aromatic heterocycles. The predicted octanol–water partition coefficient (Wildman–Crippen LogP) is 3.11. The molecule has 0 heterocycles. The number of aliphatic carboxylic acids is 1. The summed E-state index contributed by atoms with van der Waals surface area (Å²) in [5.74, 6) is -1.57. The van der Waals surface area contributed by atoms with Gasteiger partial charge in [-0.15, -0.1) is 0 Å². The molecule has 0 saturated carbocycles. The quantitative estimate of drug-likeness (QED) is 0.792. The molecule has 86 valence electrons. The molecule has 0 aliphatic carbocycles. The van der Waals surface area contributed by atoms with E-state index in [4.69, 9.17) is 5.11 Å². The van der Waals surface area contributed by atoms with E-state index >= 15 is 0 Å². The number of carboxylic acid groups (broad SMARTS) is 1. The van der Waals surface area contributed by atoms with Gasteiger partial charge in [-0.25, -0.2) is 4.79 Å². The molecule has 0 aliphatic rings. The van der Waals surface area contributed by atoms with Gasteiger partial charge in [0.1, 0.15) is 0 Å². The molecule has 0 fully saturated rings. The Morgan fingerprint density at radius 2 is 1.69 bits per heavy atom. The fraction of sp³-hybridized carbons (Fsp3) is 0.182. The number of hydrogen-bond donors (Lipinski definition) is 1. The SMILES string of the molecule is CC(C(=O)O)=C(c1ccccc1)C(F)(F)F. The number of carboxylic acids is 1. The third-order valence-electron chi connectivity index (χ3n) is 2.04. The maximum absolute atomic E-state index is 12.7. The first kappa shape index (κ1) is 12.3. The molecule has 0 amide bonds. The van der Waals surface area contributed by atoms with E-state index in [0.29, 0.717) is 0 Å². The summed E-state index contributed by atoms with van der Waals surface area (Å²) in [6.07, 6.45) is -4.68. The van der Waals surface area contributed by atoms with E-state index in [0.717, 1.165) is 6.92 Å². The van der Waals surface area contributed by atoms with Crippen molar-refractivity contribution in [2.24, 2.45) is 0 Å². The third kappa shape index (κ3) is 2.62. The maximum Gasteiger partial charge on any atom is 0.417 e. The average Bonchev–Trinajstić information content (AvgIpc) is 2.17. The Labute approximate surface area is 90.0 Å². The summed E-state index contributed by atoms with van der Waals surface area (Å²) in [5.41, 5.74) is -1.96. The van der Waals surface area contributed by atoms with Crippen molar-refractivity contribution in [3.63, 3.8) is 0 Å². The van der Waals surface area contributed by atoms with Crippen LogP contribution in [0, 0.1) is 0 Å². The lowest BCUT2D eigenvalue weighted by atomic mass is 10.0. The van der Waals surface area contributed by atoms with Crippen LogP contribution in [0.2, 0.25) is 0 Å². The number of hydrogen-bond acceptors (Lipinski definition) is 1. The van der Waals surface area contributed by atoms with Gasteiger partial charge in [0.25, 0.3) is 0 Å². The van der Waals surface area contributed by atoms with E-state index in [-0.39, 0.29) is 5.56 Å². The van der Waals surface area contributed by atoms with Crippen LogP contribution >= 0.6 is 0 Å². The summed E-state index contributed by atoms with van der Waals surface area (Å²) >= 11 is 0. The second-order valence-corrected chi connectivity index (χ2v) is 3.17. The molecular weight excluding hydrogens is 221 g/mol. The second-order valence-electron chi connectivity index (χ2n) is 3.17. The third-order valence-corrected chi connectivity index (χ3v) is 2.04. The van der Waals surface area contributed by atoms with Crippen LogP contribution in [0.3, 0.4) is 0 Å². The van der Waals surface area contributed by atoms with Gasteiger partial charge in [-0.3, -0.25) is 0 Å². The predicted molar refractivity (Wildman–Crippen MR) is 52.7 cm³/mol. The van der Waals surface area contributed by atoms with Crippen LogP contribution in [0.5, 0.6) is 0 Å². The molecule has 0 atom stereocenters. The summed E-state index contributed by atoms with van der Waals surface area (Å²) in [7, 11) is 0. The Bertz CT molecular complexity index is 419. The summed E-state index contributed by atoms with van der Waals surface area (Å²) in [5, 5.41) is 8.62. The lowest BCUT2D eigenvalue weighted by molar-refractivity contribution is -0.133. The highest BCUT2D eigenvalue weighted by atomic mass is 19.4. The standard InChI is InChI=1S/C11H9F3O2/c1-7(10(15)16)9(11(12,13)14)8-5-3-2-4-6-8/h2-6H,1H3,(H,15,16). The van der Waals surface area contributed by atoms with E-state index in [1.54, 1.807) is 6.07 Å². The van der Waals surface area contributed by atoms with Crippen LogP contribution in [-0.4, -0.2) is 17.3 Å². The van der Waals surface area contributed by atoms with E-state index in [1.165, 1.54) is 24.3 Å². The number of carbonyl (C=O) groups is 1. The minimum absolute atomic E-state index is 0.144. The second kappa shape index (κ2) is 4.38. The van der Waals surface area contributed by atoms with Crippen molar-refractivity contribution in [3.05, 3.63) is 41.5 Å². The fourth-order valence-electron chi connectivity index (χ4n) is 1.30. The van der Waals surface area contributed by atoms with Crippen molar-refractivity contribution in [1.82, 2.24) is 0 Å². The zero-order valence-electron chi connectivity index (χ0n) is 8.38. The monoisotopic (exact) mass is 230 g/mol. The van der Waals surface area contributed by atoms with Gasteiger partial charge in [-0.2, -0.15) is 13.2 Å². The summed E-state index contributed by atoms with van der Waals surface area (Å²) < 4.78 is 38.1. The molecule has 0 unspecified atom stereocenters. The van der Waals surface area contributed by atoms with Gasteiger partial charge in [-0.1, -0.05) is 30.3 Å².